The smallest absolute Gasteiger partial charge is 0.192 e. The number of rotatable bonds is 7. The summed E-state index contributed by atoms with van der Waals surface area (Å²) in [5.41, 5.74) is -0.641. The number of ether oxygens (including phenoxy) is 2. The molecule has 2 rings (SSSR count). The van der Waals surface area contributed by atoms with Crippen LogP contribution < -0.4 is 0 Å². The predicted molar refractivity (Wildman–Crippen MR) is 142 cm³/mol. The van der Waals surface area contributed by atoms with Gasteiger partial charge in [-0.2, -0.15) is 0 Å². The Bertz CT molecular complexity index is 801. The van der Waals surface area contributed by atoms with Crippen molar-refractivity contribution in [2.75, 3.05) is 7.11 Å². The van der Waals surface area contributed by atoms with Crippen LogP contribution in [0.4, 0.5) is 0 Å². The Kier molecular flexibility index (Phi) is 9.04. The Morgan fingerprint density at radius 2 is 1.27 bits per heavy atom. The SMILES string of the molecule is CO[C@@H]1[C@@H](O[Si](C)(C)C(C)(C)C)[C@@H](O[Si](C)(C)C(C)(C)C)[C@H](S(=O)c2ccccc2)O[C@H]1C. The third kappa shape index (κ3) is 6.45. The minimum atomic E-state index is -2.24. The van der Waals surface area contributed by atoms with Crippen molar-refractivity contribution < 1.29 is 22.5 Å². The van der Waals surface area contributed by atoms with E-state index in [0.29, 0.717) is 0 Å². The lowest BCUT2D eigenvalue weighted by Crippen LogP contribution is -2.65. The van der Waals surface area contributed by atoms with Gasteiger partial charge in [-0.05, 0) is 55.3 Å². The maximum Gasteiger partial charge on any atom is 0.192 e. The third-order valence-corrected chi connectivity index (χ3v) is 18.1. The molecule has 8 heteroatoms. The highest BCUT2D eigenvalue weighted by atomic mass is 32.2. The van der Waals surface area contributed by atoms with Gasteiger partial charge in [-0.3, -0.25) is 4.21 Å². The molecule has 5 nitrogen and oxygen atoms in total. The molecule has 0 spiro atoms. The molecule has 1 aromatic rings. The fourth-order valence-corrected chi connectivity index (χ4v) is 7.57. The van der Waals surface area contributed by atoms with E-state index >= 15 is 0 Å². The zero-order valence-corrected chi connectivity index (χ0v) is 25.5. The number of hydrogen-bond donors (Lipinski definition) is 0. The molecule has 33 heavy (non-hydrogen) atoms. The lowest BCUT2D eigenvalue weighted by Gasteiger charge is -2.52. The molecule has 6 atom stereocenters. The number of methoxy groups -OCH3 is 1. The highest BCUT2D eigenvalue weighted by molar-refractivity contribution is 7.85. The molecular formula is C25H46O5SSi2. The van der Waals surface area contributed by atoms with Crippen LogP contribution in [0.25, 0.3) is 0 Å². The quantitative estimate of drug-likeness (QED) is 0.398. The van der Waals surface area contributed by atoms with Crippen LogP contribution in [0, 0.1) is 0 Å². The van der Waals surface area contributed by atoms with Gasteiger partial charge in [-0.25, -0.2) is 0 Å². The van der Waals surface area contributed by atoms with Crippen LogP contribution in [0.2, 0.25) is 36.3 Å². The van der Waals surface area contributed by atoms with Gasteiger partial charge < -0.3 is 18.3 Å². The first kappa shape index (κ1) is 28.9. The fourth-order valence-electron chi connectivity index (χ4n) is 3.45. The topological polar surface area (TPSA) is 54.0 Å². The zero-order valence-electron chi connectivity index (χ0n) is 22.7. The van der Waals surface area contributed by atoms with E-state index in [2.05, 4.69) is 67.7 Å². The summed E-state index contributed by atoms with van der Waals surface area (Å²) in [7, 11) is -4.14. The molecule has 0 radical (unpaired) electrons. The molecule has 1 aliphatic heterocycles. The van der Waals surface area contributed by atoms with E-state index in [1.54, 1.807) is 7.11 Å². The molecule has 1 heterocycles. The average molecular weight is 515 g/mol. The third-order valence-electron chi connectivity index (χ3n) is 7.66. The van der Waals surface area contributed by atoms with Gasteiger partial charge in [0.2, 0.25) is 0 Å². The van der Waals surface area contributed by atoms with Crippen LogP contribution in [-0.2, 0) is 29.1 Å². The maximum atomic E-state index is 13.8. The van der Waals surface area contributed by atoms with Gasteiger partial charge in [-0.1, -0.05) is 59.7 Å². The maximum absolute atomic E-state index is 13.8. The minimum Gasteiger partial charge on any atom is -0.408 e. The minimum absolute atomic E-state index is 0.0149. The molecule has 0 aliphatic carbocycles. The van der Waals surface area contributed by atoms with E-state index in [0.717, 1.165) is 4.90 Å². The molecule has 0 bridgehead atoms. The standard InChI is InChI=1S/C25H46O5SSi2/c1-18-20(27-8)21(29-32(9,10)24(2,3)4)22(30-33(11,12)25(5,6)7)23(28-18)31(26)19-16-14-13-15-17-19/h13-18,20-23H,1-12H3/t18-,20-,21+,22+,23-,31?/m0/s1. The van der Waals surface area contributed by atoms with Crippen LogP contribution in [0.3, 0.4) is 0 Å². The Balaban J connectivity index is 2.59. The van der Waals surface area contributed by atoms with Crippen molar-refractivity contribution in [2.45, 2.75) is 119 Å². The first-order valence-electron chi connectivity index (χ1n) is 11.9. The van der Waals surface area contributed by atoms with E-state index < -0.39 is 39.0 Å². The van der Waals surface area contributed by atoms with Crippen molar-refractivity contribution in [1.29, 1.82) is 0 Å². The number of benzene rings is 1. The predicted octanol–water partition coefficient (Wildman–Crippen LogP) is 6.33. The highest BCUT2D eigenvalue weighted by Crippen LogP contribution is 2.44. The van der Waals surface area contributed by atoms with Crippen LogP contribution >= 0.6 is 0 Å². The van der Waals surface area contributed by atoms with Crippen molar-refractivity contribution in [3.8, 4) is 0 Å². The summed E-state index contributed by atoms with van der Waals surface area (Å²) in [6.07, 6.45) is -1.45. The molecule has 190 valence electrons. The lowest BCUT2D eigenvalue weighted by molar-refractivity contribution is -0.193. The van der Waals surface area contributed by atoms with Gasteiger partial charge in [0.15, 0.2) is 22.1 Å². The van der Waals surface area contributed by atoms with Crippen LogP contribution in [0.5, 0.6) is 0 Å². The van der Waals surface area contributed by atoms with Gasteiger partial charge in [0, 0.05) is 12.0 Å². The van der Waals surface area contributed by atoms with Gasteiger partial charge in [0.25, 0.3) is 0 Å². The molecule has 0 aromatic heterocycles. The molecule has 0 amide bonds. The second-order valence-corrected chi connectivity index (χ2v) is 23.2. The second kappa shape index (κ2) is 10.3. The summed E-state index contributed by atoms with van der Waals surface area (Å²) in [6, 6.07) is 9.52. The largest absolute Gasteiger partial charge is 0.408 e. The van der Waals surface area contributed by atoms with Gasteiger partial charge in [0.1, 0.15) is 18.3 Å². The molecule has 0 saturated carbocycles. The molecular weight excluding hydrogens is 469 g/mol. The lowest BCUT2D eigenvalue weighted by atomic mass is 10.0. The summed E-state index contributed by atoms with van der Waals surface area (Å²) in [5.74, 6) is 0. The van der Waals surface area contributed by atoms with E-state index in [9.17, 15) is 4.21 Å². The highest BCUT2D eigenvalue weighted by Gasteiger charge is 2.54. The number of hydrogen-bond acceptors (Lipinski definition) is 5. The van der Waals surface area contributed by atoms with E-state index in [4.69, 9.17) is 18.3 Å². The summed E-state index contributed by atoms with van der Waals surface area (Å²) in [5, 5.41) is 0.00137. The van der Waals surface area contributed by atoms with E-state index in [1.165, 1.54) is 0 Å². The zero-order chi connectivity index (χ0) is 25.4. The molecule has 1 aliphatic rings. The second-order valence-electron chi connectivity index (χ2n) is 12.2. The van der Waals surface area contributed by atoms with Crippen LogP contribution in [0.15, 0.2) is 35.2 Å². The van der Waals surface area contributed by atoms with E-state index in [-0.39, 0.29) is 28.4 Å². The Morgan fingerprint density at radius 3 is 1.70 bits per heavy atom. The average Bonchev–Trinajstić information content (AvgIpc) is 2.68. The Hall–Kier alpha value is -0.356. The van der Waals surface area contributed by atoms with Crippen molar-refractivity contribution in [2.24, 2.45) is 0 Å². The van der Waals surface area contributed by atoms with E-state index in [1.807, 2.05) is 37.3 Å². The van der Waals surface area contributed by atoms with Crippen LogP contribution in [0.1, 0.15) is 48.5 Å². The van der Waals surface area contributed by atoms with Gasteiger partial charge >= 0.3 is 0 Å². The monoisotopic (exact) mass is 514 g/mol. The van der Waals surface area contributed by atoms with Crippen LogP contribution in [-0.4, -0.2) is 57.8 Å². The molecule has 1 unspecified atom stereocenters. The molecule has 0 N–H and O–H groups in total. The van der Waals surface area contributed by atoms with Crippen molar-refractivity contribution in [3.05, 3.63) is 30.3 Å². The molecule has 1 fully saturated rings. The fraction of sp³-hybridized carbons (Fsp3) is 0.760. The molecule has 1 aromatic carbocycles. The van der Waals surface area contributed by atoms with Crippen molar-refractivity contribution in [1.82, 2.24) is 0 Å². The molecule has 1 saturated heterocycles. The summed E-state index contributed by atoms with van der Waals surface area (Å²) < 4.78 is 40.2. The summed E-state index contributed by atoms with van der Waals surface area (Å²) >= 11 is 0. The Morgan fingerprint density at radius 1 is 0.818 bits per heavy atom. The van der Waals surface area contributed by atoms with Gasteiger partial charge in [-0.15, -0.1) is 0 Å². The van der Waals surface area contributed by atoms with Crippen molar-refractivity contribution >= 4 is 27.4 Å². The van der Waals surface area contributed by atoms with Gasteiger partial charge in [0.05, 0.1) is 16.9 Å². The first-order chi connectivity index (χ1) is 14.9. The normalized spacial score (nSPS) is 28.5. The Labute approximate surface area is 206 Å². The summed E-state index contributed by atoms with van der Waals surface area (Å²) in [6.45, 7) is 24.2. The van der Waals surface area contributed by atoms with Crippen molar-refractivity contribution in [3.63, 3.8) is 0 Å². The summed E-state index contributed by atoms with van der Waals surface area (Å²) in [4.78, 5) is 0.737. The first-order valence-corrected chi connectivity index (χ1v) is 19.0.